The van der Waals surface area contributed by atoms with Gasteiger partial charge in [-0.2, -0.15) is 0 Å². The summed E-state index contributed by atoms with van der Waals surface area (Å²) in [4.78, 5) is 23.9. The summed E-state index contributed by atoms with van der Waals surface area (Å²) in [6, 6.07) is 11.4. The minimum Gasteiger partial charge on any atom is -0.479 e. The summed E-state index contributed by atoms with van der Waals surface area (Å²) in [7, 11) is 0. The molecule has 2 aromatic rings. The Balaban J connectivity index is 1.89. The van der Waals surface area contributed by atoms with Gasteiger partial charge < -0.3 is 4.74 Å². The van der Waals surface area contributed by atoms with Gasteiger partial charge in [0, 0.05) is 15.1 Å². The Hall–Kier alpha value is -1.76. The van der Waals surface area contributed by atoms with E-state index in [1.54, 1.807) is 36.4 Å². The number of benzene rings is 2. The molecule has 0 radical (unpaired) electrons. The van der Waals surface area contributed by atoms with E-state index < -0.39 is 17.9 Å². The molecule has 126 valence electrons. The van der Waals surface area contributed by atoms with Gasteiger partial charge in [0.2, 0.25) is 0 Å². The zero-order valence-electron chi connectivity index (χ0n) is 12.5. The highest BCUT2D eigenvalue weighted by Gasteiger charge is 2.17. The molecule has 0 saturated heterocycles. The molecular formula is C16H13BrCl2N2O3. The lowest BCUT2D eigenvalue weighted by molar-refractivity contribution is -0.128. The maximum atomic E-state index is 12.0. The zero-order valence-corrected chi connectivity index (χ0v) is 15.6. The lowest BCUT2D eigenvalue weighted by Crippen LogP contribution is -2.47. The Bertz CT molecular complexity index is 753. The molecule has 0 aromatic heterocycles. The molecule has 0 aliphatic heterocycles. The standard InChI is InChI=1S/C16H13BrCl2N2O3/c1-9(24-14-7-6-12(18)8-13(14)19)15(22)20-21-16(23)10-2-4-11(17)5-3-10/h2-9H,1H3,(H,20,22)(H,21,23). The van der Waals surface area contributed by atoms with Gasteiger partial charge in [-0.05, 0) is 49.4 Å². The van der Waals surface area contributed by atoms with Gasteiger partial charge in [-0.1, -0.05) is 39.1 Å². The number of carbonyl (C=O) groups excluding carboxylic acids is 2. The van der Waals surface area contributed by atoms with Crippen molar-refractivity contribution >= 4 is 50.9 Å². The van der Waals surface area contributed by atoms with Crippen molar-refractivity contribution in [2.24, 2.45) is 0 Å². The zero-order chi connectivity index (χ0) is 17.7. The monoisotopic (exact) mass is 430 g/mol. The van der Waals surface area contributed by atoms with Crippen molar-refractivity contribution < 1.29 is 14.3 Å². The van der Waals surface area contributed by atoms with Crippen LogP contribution < -0.4 is 15.6 Å². The number of ether oxygens (including phenoxy) is 1. The van der Waals surface area contributed by atoms with Gasteiger partial charge in [0.25, 0.3) is 11.8 Å². The molecule has 0 fully saturated rings. The number of amides is 2. The Labute approximate surface area is 157 Å². The fraction of sp³-hybridized carbons (Fsp3) is 0.125. The van der Waals surface area contributed by atoms with E-state index in [-0.39, 0.29) is 0 Å². The highest BCUT2D eigenvalue weighted by Crippen LogP contribution is 2.28. The Kier molecular flexibility index (Phi) is 6.48. The van der Waals surface area contributed by atoms with E-state index in [2.05, 4.69) is 26.8 Å². The number of hydrogen-bond donors (Lipinski definition) is 2. The maximum Gasteiger partial charge on any atom is 0.279 e. The first-order valence-corrected chi connectivity index (χ1v) is 8.39. The molecule has 1 atom stereocenters. The average Bonchev–Trinajstić information content (AvgIpc) is 2.55. The fourth-order valence-corrected chi connectivity index (χ4v) is 2.43. The molecule has 0 saturated carbocycles. The topological polar surface area (TPSA) is 67.4 Å². The summed E-state index contributed by atoms with van der Waals surface area (Å²) in [6.45, 7) is 1.53. The molecule has 24 heavy (non-hydrogen) atoms. The van der Waals surface area contributed by atoms with E-state index in [4.69, 9.17) is 27.9 Å². The molecule has 2 N–H and O–H groups in total. The van der Waals surface area contributed by atoms with Crippen LogP contribution in [0, 0.1) is 0 Å². The predicted octanol–water partition coefficient (Wildman–Crippen LogP) is 3.98. The van der Waals surface area contributed by atoms with E-state index in [0.29, 0.717) is 21.4 Å². The molecule has 0 bridgehead atoms. The molecule has 0 spiro atoms. The van der Waals surface area contributed by atoms with Crippen molar-refractivity contribution in [2.45, 2.75) is 13.0 Å². The molecule has 0 aliphatic carbocycles. The number of halogens is 3. The smallest absolute Gasteiger partial charge is 0.279 e. The van der Waals surface area contributed by atoms with Gasteiger partial charge >= 0.3 is 0 Å². The molecule has 2 aromatic carbocycles. The molecule has 0 aliphatic rings. The van der Waals surface area contributed by atoms with E-state index in [0.717, 1.165) is 4.47 Å². The van der Waals surface area contributed by atoms with Crippen LogP contribution in [0.15, 0.2) is 46.9 Å². The molecule has 8 heteroatoms. The average molecular weight is 432 g/mol. The lowest BCUT2D eigenvalue weighted by atomic mass is 10.2. The highest BCUT2D eigenvalue weighted by atomic mass is 79.9. The van der Waals surface area contributed by atoms with Crippen molar-refractivity contribution in [3.63, 3.8) is 0 Å². The van der Waals surface area contributed by atoms with Crippen LogP contribution in [-0.4, -0.2) is 17.9 Å². The van der Waals surface area contributed by atoms with Gasteiger partial charge in [-0.25, -0.2) is 0 Å². The SMILES string of the molecule is CC(Oc1ccc(Cl)cc1Cl)C(=O)NNC(=O)c1ccc(Br)cc1. The molecule has 2 amide bonds. The Morgan fingerprint density at radius 3 is 2.38 bits per heavy atom. The van der Waals surface area contributed by atoms with Crippen LogP contribution in [-0.2, 0) is 4.79 Å². The van der Waals surface area contributed by atoms with Crippen LogP contribution in [0.2, 0.25) is 10.0 Å². The lowest BCUT2D eigenvalue weighted by Gasteiger charge is -2.16. The van der Waals surface area contributed by atoms with E-state index in [1.807, 2.05) is 0 Å². The van der Waals surface area contributed by atoms with E-state index >= 15 is 0 Å². The van der Waals surface area contributed by atoms with Crippen LogP contribution in [0.1, 0.15) is 17.3 Å². The van der Waals surface area contributed by atoms with E-state index in [9.17, 15) is 9.59 Å². The van der Waals surface area contributed by atoms with Crippen molar-refractivity contribution in [1.82, 2.24) is 10.9 Å². The minimum absolute atomic E-state index is 0.293. The van der Waals surface area contributed by atoms with Gasteiger partial charge in [-0.3, -0.25) is 20.4 Å². The number of carbonyl (C=O) groups is 2. The second-order valence-electron chi connectivity index (χ2n) is 4.79. The first-order chi connectivity index (χ1) is 11.4. The quantitative estimate of drug-likeness (QED) is 0.719. The summed E-state index contributed by atoms with van der Waals surface area (Å²) in [5.41, 5.74) is 5.03. The van der Waals surface area contributed by atoms with Crippen LogP contribution in [0.5, 0.6) is 5.75 Å². The molecule has 0 heterocycles. The first-order valence-electron chi connectivity index (χ1n) is 6.84. The van der Waals surface area contributed by atoms with Crippen molar-refractivity contribution in [1.29, 1.82) is 0 Å². The molecule has 2 rings (SSSR count). The predicted molar refractivity (Wildman–Crippen MR) is 96.3 cm³/mol. The highest BCUT2D eigenvalue weighted by molar-refractivity contribution is 9.10. The van der Waals surface area contributed by atoms with Gasteiger partial charge in [0.1, 0.15) is 5.75 Å². The van der Waals surface area contributed by atoms with Crippen molar-refractivity contribution in [2.75, 3.05) is 0 Å². The van der Waals surface area contributed by atoms with Gasteiger partial charge in [0.05, 0.1) is 5.02 Å². The summed E-state index contributed by atoms with van der Waals surface area (Å²) in [5, 5.41) is 0.757. The number of hydrazine groups is 1. The van der Waals surface area contributed by atoms with Gasteiger partial charge in [-0.15, -0.1) is 0 Å². The fourth-order valence-electron chi connectivity index (χ4n) is 1.71. The summed E-state index contributed by atoms with van der Waals surface area (Å²) >= 11 is 15.1. The van der Waals surface area contributed by atoms with Crippen LogP contribution in [0.25, 0.3) is 0 Å². The van der Waals surface area contributed by atoms with Crippen molar-refractivity contribution in [3.05, 3.63) is 62.5 Å². The third kappa shape index (κ3) is 5.12. The third-order valence-electron chi connectivity index (χ3n) is 2.97. The van der Waals surface area contributed by atoms with Crippen molar-refractivity contribution in [3.8, 4) is 5.75 Å². The Morgan fingerprint density at radius 2 is 1.75 bits per heavy atom. The third-order valence-corrected chi connectivity index (χ3v) is 4.03. The largest absolute Gasteiger partial charge is 0.479 e. The van der Waals surface area contributed by atoms with Gasteiger partial charge in [0.15, 0.2) is 6.10 Å². The first kappa shape index (κ1) is 18.6. The number of hydrogen-bond acceptors (Lipinski definition) is 3. The second kappa shape index (κ2) is 8.37. The molecular weight excluding hydrogens is 419 g/mol. The van der Waals surface area contributed by atoms with Crippen LogP contribution >= 0.6 is 39.1 Å². The minimum atomic E-state index is -0.867. The van der Waals surface area contributed by atoms with Crippen LogP contribution in [0.3, 0.4) is 0 Å². The number of nitrogens with one attached hydrogen (secondary N) is 2. The summed E-state index contributed by atoms with van der Waals surface area (Å²) in [5.74, 6) is -0.637. The number of rotatable bonds is 4. The Morgan fingerprint density at radius 1 is 1.08 bits per heavy atom. The summed E-state index contributed by atoms with van der Waals surface area (Å²) < 4.78 is 6.31. The maximum absolute atomic E-state index is 12.0. The second-order valence-corrected chi connectivity index (χ2v) is 6.54. The molecule has 1 unspecified atom stereocenters. The van der Waals surface area contributed by atoms with Crippen LogP contribution in [0.4, 0.5) is 0 Å². The summed E-state index contributed by atoms with van der Waals surface area (Å²) in [6.07, 6.45) is -0.867. The molecule has 5 nitrogen and oxygen atoms in total. The van der Waals surface area contributed by atoms with E-state index in [1.165, 1.54) is 13.0 Å². The normalized spacial score (nSPS) is 11.5.